The van der Waals surface area contributed by atoms with Crippen molar-refractivity contribution < 1.29 is 23.5 Å². The number of ether oxygens (including phenoxy) is 2. The van der Waals surface area contributed by atoms with Gasteiger partial charge in [-0.25, -0.2) is 9.29 Å². The van der Waals surface area contributed by atoms with E-state index in [9.17, 15) is 14.0 Å². The van der Waals surface area contributed by atoms with E-state index in [-0.39, 0.29) is 17.8 Å². The molecular weight excluding hydrogens is 387 g/mol. The van der Waals surface area contributed by atoms with Gasteiger partial charge in [0.25, 0.3) is 11.8 Å². The summed E-state index contributed by atoms with van der Waals surface area (Å²) < 4.78 is 24.7. The van der Waals surface area contributed by atoms with Crippen LogP contribution in [-0.2, 0) is 14.3 Å². The van der Waals surface area contributed by atoms with E-state index in [0.717, 1.165) is 4.90 Å². The van der Waals surface area contributed by atoms with Crippen molar-refractivity contribution in [1.29, 1.82) is 0 Å². The SMILES string of the molecule is COc1ccccc1C1=C(N2CC(C)OC(C)C2)C(=O)N(c2ccc(F)cc2)C1=O. The number of amides is 2. The molecule has 6 nitrogen and oxygen atoms in total. The topological polar surface area (TPSA) is 59.1 Å². The second-order valence-electron chi connectivity index (χ2n) is 7.51. The number of para-hydroxylation sites is 1. The Morgan fingerprint density at radius 1 is 0.967 bits per heavy atom. The molecule has 2 amide bonds. The number of carbonyl (C=O) groups excluding carboxylic acids is 2. The van der Waals surface area contributed by atoms with E-state index in [4.69, 9.17) is 9.47 Å². The third-order valence-corrected chi connectivity index (χ3v) is 5.26. The number of carbonyl (C=O) groups is 2. The van der Waals surface area contributed by atoms with Gasteiger partial charge in [0.2, 0.25) is 0 Å². The molecule has 0 aromatic heterocycles. The Morgan fingerprint density at radius 3 is 2.23 bits per heavy atom. The lowest BCUT2D eigenvalue weighted by molar-refractivity contribution is -0.121. The summed E-state index contributed by atoms with van der Waals surface area (Å²) in [6, 6.07) is 12.4. The maximum atomic E-state index is 13.5. The van der Waals surface area contributed by atoms with Crippen LogP contribution in [0.5, 0.6) is 5.75 Å². The van der Waals surface area contributed by atoms with Gasteiger partial charge in [-0.1, -0.05) is 18.2 Å². The summed E-state index contributed by atoms with van der Waals surface area (Å²) in [5.74, 6) is -0.833. The van der Waals surface area contributed by atoms with E-state index < -0.39 is 17.6 Å². The lowest BCUT2D eigenvalue weighted by atomic mass is 10.0. The molecule has 2 aliphatic heterocycles. The molecule has 0 N–H and O–H groups in total. The van der Waals surface area contributed by atoms with Crippen LogP contribution in [0, 0.1) is 5.82 Å². The fraction of sp³-hybridized carbons (Fsp3) is 0.304. The minimum Gasteiger partial charge on any atom is -0.496 e. The van der Waals surface area contributed by atoms with Crippen molar-refractivity contribution in [3.05, 3.63) is 65.6 Å². The van der Waals surface area contributed by atoms with Gasteiger partial charge in [0.15, 0.2) is 0 Å². The highest BCUT2D eigenvalue weighted by Crippen LogP contribution is 2.39. The molecule has 2 aromatic carbocycles. The number of hydrogen-bond acceptors (Lipinski definition) is 5. The highest BCUT2D eigenvalue weighted by molar-refractivity contribution is 6.45. The summed E-state index contributed by atoms with van der Waals surface area (Å²) in [7, 11) is 1.52. The molecule has 0 aliphatic carbocycles. The average Bonchev–Trinajstić information content (AvgIpc) is 2.98. The zero-order chi connectivity index (χ0) is 21.4. The Balaban J connectivity index is 1.87. The monoisotopic (exact) mass is 410 g/mol. The number of morpholine rings is 1. The molecular formula is C23H23FN2O4. The van der Waals surface area contributed by atoms with E-state index in [1.807, 2.05) is 18.7 Å². The first-order valence-electron chi connectivity index (χ1n) is 9.83. The summed E-state index contributed by atoms with van der Waals surface area (Å²) in [5.41, 5.74) is 1.46. The normalized spacial score (nSPS) is 22.1. The van der Waals surface area contributed by atoms with Crippen LogP contribution in [0.15, 0.2) is 54.2 Å². The van der Waals surface area contributed by atoms with Crippen LogP contribution in [0.1, 0.15) is 19.4 Å². The Kier molecular flexibility index (Phi) is 5.30. The van der Waals surface area contributed by atoms with Gasteiger partial charge in [0.1, 0.15) is 17.3 Å². The average molecular weight is 410 g/mol. The molecule has 1 saturated heterocycles. The van der Waals surface area contributed by atoms with Gasteiger partial charge in [0.05, 0.1) is 30.6 Å². The van der Waals surface area contributed by atoms with Crippen LogP contribution in [-0.4, -0.2) is 49.1 Å². The van der Waals surface area contributed by atoms with Crippen LogP contribution in [0.25, 0.3) is 5.57 Å². The summed E-state index contributed by atoms with van der Waals surface area (Å²) in [6.07, 6.45) is -0.189. The van der Waals surface area contributed by atoms with Crippen molar-refractivity contribution in [2.24, 2.45) is 0 Å². The molecule has 156 valence electrons. The molecule has 0 bridgehead atoms. The number of halogens is 1. The first-order chi connectivity index (χ1) is 14.4. The number of anilines is 1. The molecule has 2 heterocycles. The summed E-state index contributed by atoms with van der Waals surface area (Å²) in [5, 5.41) is 0. The van der Waals surface area contributed by atoms with E-state index in [1.165, 1.54) is 31.4 Å². The van der Waals surface area contributed by atoms with Gasteiger partial charge in [-0.05, 0) is 44.2 Å². The van der Waals surface area contributed by atoms with Gasteiger partial charge >= 0.3 is 0 Å². The van der Waals surface area contributed by atoms with E-state index in [1.54, 1.807) is 24.3 Å². The van der Waals surface area contributed by atoms with Crippen LogP contribution in [0.4, 0.5) is 10.1 Å². The van der Waals surface area contributed by atoms with Crippen molar-refractivity contribution in [2.75, 3.05) is 25.1 Å². The van der Waals surface area contributed by atoms with Gasteiger partial charge < -0.3 is 14.4 Å². The van der Waals surface area contributed by atoms with Gasteiger partial charge in [0, 0.05) is 18.7 Å². The lowest BCUT2D eigenvalue weighted by Gasteiger charge is -2.37. The minimum absolute atomic E-state index is 0.0945. The number of methoxy groups -OCH3 is 1. The maximum absolute atomic E-state index is 13.5. The number of hydrogen-bond donors (Lipinski definition) is 0. The number of nitrogens with zero attached hydrogens (tertiary/aromatic N) is 2. The molecule has 4 rings (SSSR count). The number of benzene rings is 2. The first-order valence-corrected chi connectivity index (χ1v) is 9.83. The number of rotatable bonds is 4. The predicted molar refractivity (Wildman–Crippen MR) is 110 cm³/mol. The minimum atomic E-state index is -0.460. The van der Waals surface area contributed by atoms with Crippen molar-refractivity contribution >= 4 is 23.1 Å². The smallest absolute Gasteiger partial charge is 0.282 e. The maximum Gasteiger partial charge on any atom is 0.282 e. The molecule has 7 heteroatoms. The first kappa shape index (κ1) is 20.1. The zero-order valence-electron chi connectivity index (χ0n) is 17.1. The highest BCUT2D eigenvalue weighted by Gasteiger charge is 2.44. The molecule has 0 saturated carbocycles. The molecule has 2 atom stereocenters. The number of imide groups is 1. The summed E-state index contributed by atoms with van der Waals surface area (Å²) >= 11 is 0. The Hall–Kier alpha value is -3.19. The van der Waals surface area contributed by atoms with Crippen LogP contribution >= 0.6 is 0 Å². The van der Waals surface area contributed by atoms with Crippen molar-refractivity contribution in [3.63, 3.8) is 0 Å². The summed E-state index contributed by atoms with van der Waals surface area (Å²) in [6.45, 7) is 4.83. The van der Waals surface area contributed by atoms with E-state index >= 15 is 0 Å². The highest BCUT2D eigenvalue weighted by atomic mass is 19.1. The quantitative estimate of drug-likeness (QED) is 0.725. The molecule has 0 radical (unpaired) electrons. The molecule has 2 unspecified atom stereocenters. The Bertz CT molecular complexity index is 1010. The molecule has 0 spiro atoms. The van der Waals surface area contributed by atoms with Crippen LogP contribution < -0.4 is 9.64 Å². The van der Waals surface area contributed by atoms with Crippen molar-refractivity contribution in [1.82, 2.24) is 4.90 Å². The van der Waals surface area contributed by atoms with Crippen molar-refractivity contribution in [2.45, 2.75) is 26.1 Å². The molecule has 2 aromatic rings. The largest absolute Gasteiger partial charge is 0.496 e. The second kappa shape index (κ2) is 7.91. The Labute approximate surface area is 174 Å². The predicted octanol–water partition coefficient (Wildman–Crippen LogP) is 3.23. The summed E-state index contributed by atoms with van der Waals surface area (Å²) in [4.78, 5) is 30.1. The van der Waals surface area contributed by atoms with Crippen LogP contribution in [0.2, 0.25) is 0 Å². The molecule has 1 fully saturated rings. The second-order valence-corrected chi connectivity index (χ2v) is 7.51. The van der Waals surface area contributed by atoms with Gasteiger partial charge in [-0.2, -0.15) is 0 Å². The third-order valence-electron chi connectivity index (χ3n) is 5.26. The van der Waals surface area contributed by atoms with E-state index in [2.05, 4.69) is 0 Å². The molecule has 2 aliphatic rings. The fourth-order valence-corrected chi connectivity index (χ4v) is 4.09. The lowest BCUT2D eigenvalue weighted by Crippen LogP contribution is -2.47. The van der Waals surface area contributed by atoms with Gasteiger partial charge in [-0.3, -0.25) is 9.59 Å². The van der Waals surface area contributed by atoms with Crippen LogP contribution in [0.3, 0.4) is 0 Å². The standard InChI is InChI=1S/C23H23FN2O4/c1-14-12-25(13-15(2)30-14)21-20(18-6-4-5-7-19(18)29-3)22(27)26(23(21)28)17-10-8-16(24)9-11-17/h4-11,14-15H,12-13H2,1-3H3. The fourth-order valence-electron chi connectivity index (χ4n) is 4.09. The van der Waals surface area contributed by atoms with Gasteiger partial charge in [-0.15, -0.1) is 0 Å². The third kappa shape index (κ3) is 3.45. The Morgan fingerprint density at radius 2 is 1.60 bits per heavy atom. The van der Waals surface area contributed by atoms with E-state index in [0.29, 0.717) is 35.8 Å². The zero-order valence-corrected chi connectivity index (χ0v) is 17.1. The molecule has 30 heavy (non-hydrogen) atoms. The van der Waals surface area contributed by atoms with Crippen molar-refractivity contribution in [3.8, 4) is 5.75 Å².